The third-order valence-electron chi connectivity index (χ3n) is 3.74. The number of nitrogens with one attached hydrogen (secondary N) is 1. The molecule has 2 aromatic heterocycles. The fraction of sp³-hybridized carbons (Fsp3) is 0.400. The number of amides is 1. The largest absolute Gasteiger partial charge is 0.448 e. The Morgan fingerprint density at radius 3 is 3.00 bits per heavy atom. The highest BCUT2D eigenvalue weighted by atomic mass is 35.5. The second-order valence-corrected chi connectivity index (χ2v) is 4.98. The maximum Gasteiger partial charge on any atom is 0.276 e. The van der Waals surface area contributed by atoms with Gasteiger partial charge in [-0.15, -0.1) is 24.8 Å². The van der Waals surface area contributed by atoms with Crippen LogP contribution in [0.5, 0.6) is 0 Å². The monoisotopic (exact) mass is 358 g/mol. The third kappa shape index (κ3) is 4.02. The molecule has 1 aliphatic rings. The highest BCUT2D eigenvalue weighted by Gasteiger charge is 2.31. The van der Waals surface area contributed by atoms with E-state index in [0.29, 0.717) is 24.4 Å². The molecule has 1 unspecified atom stereocenters. The first-order valence-electron chi connectivity index (χ1n) is 7.15. The molecule has 0 spiro atoms. The minimum absolute atomic E-state index is 0. The van der Waals surface area contributed by atoms with E-state index < -0.39 is 0 Å². The predicted molar refractivity (Wildman–Crippen MR) is 91.3 cm³/mol. The first-order chi connectivity index (χ1) is 10.3. The summed E-state index contributed by atoms with van der Waals surface area (Å²) in [6.07, 6.45) is 5.54. The number of carbonyl (C=O) groups excluding carboxylic acids is 1. The van der Waals surface area contributed by atoms with Crippen LogP contribution in [0.15, 0.2) is 35.3 Å². The van der Waals surface area contributed by atoms with E-state index in [1.54, 1.807) is 6.20 Å². The van der Waals surface area contributed by atoms with E-state index in [1.165, 1.54) is 6.39 Å². The highest BCUT2D eigenvalue weighted by molar-refractivity contribution is 5.93. The lowest BCUT2D eigenvalue weighted by Crippen LogP contribution is -2.49. The van der Waals surface area contributed by atoms with Crippen LogP contribution in [0.1, 0.15) is 34.8 Å². The minimum atomic E-state index is -0.0732. The molecule has 0 saturated carbocycles. The molecule has 8 heteroatoms. The normalized spacial score (nSPS) is 17.1. The van der Waals surface area contributed by atoms with Crippen LogP contribution in [-0.4, -0.2) is 40.4 Å². The van der Waals surface area contributed by atoms with Gasteiger partial charge in [0, 0.05) is 38.4 Å². The molecule has 0 bridgehead atoms. The molecule has 0 aromatic carbocycles. The van der Waals surface area contributed by atoms with E-state index >= 15 is 0 Å². The van der Waals surface area contributed by atoms with Crippen LogP contribution < -0.4 is 5.32 Å². The van der Waals surface area contributed by atoms with E-state index in [0.717, 1.165) is 18.7 Å². The van der Waals surface area contributed by atoms with Crippen molar-refractivity contribution in [3.63, 3.8) is 0 Å². The summed E-state index contributed by atoms with van der Waals surface area (Å²) in [6.45, 7) is 4.10. The topological polar surface area (TPSA) is 71.3 Å². The molecule has 0 aliphatic carbocycles. The summed E-state index contributed by atoms with van der Waals surface area (Å²) in [4.78, 5) is 22.9. The number of aryl methyl sites for hydroxylation is 1. The number of hydrogen-bond donors (Lipinski definition) is 1. The number of halogens is 2. The van der Waals surface area contributed by atoms with Crippen LogP contribution in [0.3, 0.4) is 0 Å². The molecule has 1 atom stereocenters. The first-order valence-corrected chi connectivity index (χ1v) is 7.15. The maximum atomic E-state index is 12.8. The average molecular weight is 359 g/mol. The van der Waals surface area contributed by atoms with Crippen molar-refractivity contribution >= 4 is 30.7 Å². The van der Waals surface area contributed by atoms with E-state index in [-0.39, 0.29) is 36.8 Å². The van der Waals surface area contributed by atoms with Crippen molar-refractivity contribution in [2.45, 2.75) is 19.4 Å². The standard InChI is InChI=1S/C15H18N4O2.2ClH/c1-2-13-14(18-10-21-13)15(20)19-7-6-17-9-12(19)11-4-3-5-16-8-11;;/h3-5,8,10,12,17H,2,6-7,9H2,1H3;2*1H. The molecule has 1 saturated heterocycles. The van der Waals surface area contributed by atoms with Gasteiger partial charge in [0.25, 0.3) is 5.91 Å². The van der Waals surface area contributed by atoms with Gasteiger partial charge in [-0.3, -0.25) is 9.78 Å². The zero-order valence-corrected chi connectivity index (χ0v) is 14.4. The Kier molecular flexibility index (Phi) is 7.48. The van der Waals surface area contributed by atoms with Crippen LogP contribution >= 0.6 is 24.8 Å². The van der Waals surface area contributed by atoms with Crippen LogP contribution in [0, 0.1) is 0 Å². The molecular weight excluding hydrogens is 339 g/mol. The summed E-state index contributed by atoms with van der Waals surface area (Å²) in [6, 6.07) is 3.86. The molecule has 1 aliphatic heterocycles. The van der Waals surface area contributed by atoms with Gasteiger partial charge in [-0.2, -0.15) is 0 Å². The second-order valence-electron chi connectivity index (χ2n) is 4.98. The van der Waals surface area contributed by atoms with E-state index in [9.17, 15) is 4.79 Å². The van der Waals surface area contributed by atoms with Crippen LogP contribution in [0.2, 0.25) is 0 Å². The average Bonchev–Trinajstić information content (AvgIpc) is 3.03. The maximum absolute atomic E-state index is 12.8. The van der Waals surface area contributed by atoms with Gasteiger partial charge < -0.3 is 14.6 Å². The number of nitrogens with zero attached hydrogens (tertiary/aromatic N) is 3. The van der Waals surface area contributed by atoms with Crippen molar-refractivity contribution in [3.8, 4) is 0 Å². The fourth-order valence-corrected chi connectivity index (χ4v) is 2.65. The summed E-state index contributed by atoms with van der Waals surface area (Å²) in [5, 5.41) is 3.33. The number of pyridine rings is 1. The number of hydrogen-bond acceptors (Lipinski definition) is 5. The lowest BCUT2D eigenvalue weighted by molar-refractivity contribution is 0.0626. The van der Waals surface area contributed by atoms with Crippen molar-refractivity contribution in [1.29, 1.82) is 0 Å². The van der Waals surface area contributed by atoms with E-state index in [4.69, 9.17) is 4.42 Å². The van der Waals surface area contributed by atoms with Crippen LogP contribution in [-0.2, 0) is 6.42 Å². The molecule has 0 radical (unpaired) electrons. The van der Waals surface area contributed by atoms with Gasteiger partial charge in [-0.25, -0.2) is 4.98 Å². The lowest BCUT2D eigenvalue weighted by atomic mass is 10.0. The smallest absolute Gasteiger partial charge is 0.276 e. The van der Waals surface area contributed by atoms with Crippen molar-refractivity contribution in [2.75, 3.05) is 19.6 Å². The molecule has 126 valence electrons. The SMILES string of the molecule is CCc1ocnc1C(=O)N1CCNCC1c1cccnc1.Cl.Cl. The minimum Gasteiger partial charge on any atom is -0.448 e. The Labute approximate surface area is 147 Å². The van der Waals surface area contributed by atoms with Gasteiger partial charge in [0.15, 0.2) is 12.1 Å². The molecule has 3 rings (SSSR count). The van der Waals surface area contributed by atoms with Crippen molar-refractivity contribution in [1.82, 2.24) is 20.2 Å². The summed E-state index contributed by atoms with van der Waals surface area (Å²) < 4.78 is 5.28. The van der Waals surface area contributed by atoms with Crippen molar-refractivity contribution in [3.05, 3.63) is 47.9 Å². The Hall–Kier alpha value is -1.63. The molecule has 1 fully saturated rings. The highest BCUT2D eigenvalue weighted by Crippen LogP contribution is 2.24. The summed E-state index contributed by atoms with van der Waals surface area (Å²) in [5.41, 5.74) is 1.45. The summed E-state index contributed by atoms with van der Waals surface area (Å²) in [5.74, 6) is 0.569. The van der Waals surface area contributed by atoms with E-state index in [2.05, 4.69) is 15.3 Å². The lowest BCUT2D eigenvalue weighted by Gasteiger charge is -2.36. The molecular formula is C15H20Cl2N4O2. The number of piperazine rings is 1. The number of rotatable bonds is 3. The third-order valence-corrected chi connectivity index (χ3v) is 3.74. The molecule has 6 nitrogen and oxygen atoms in total. The molecule has 2 aromatic rings. The van der Waals surface area contributed by atoms with Crippen molar-refractivity contribution < 1.29 is 9.21 Å². The van der Waals surface area contributed by atoms with Gasteiger partial charge in [0.2, 0.25) is 0 Å². The number of oxazole rings is 1. The fourth-order valence-electron chi connectivity index (χ4n) is 2.65. The van der Waals surface area contributed by atoms with Gasteiger partial charge in [0.1, 0.15) is 5.76 Å². The van der Waals surface area contributed by atoms with E-state index in [1.807, 2.05) is 30.2 Å². The Balaban J connectivity index is 0.00000132. The number of carbonyl (C=O) groups is 1. The first kappa shape index (κ1) is 19.4. The quantitative estimate of drug-likeness (QED) is 0.910. The van der Waals surface area contributed by atoms with Gasteiger partial charge in [-0.1, -0.05) is 13.0 Å². The Morgan fingerprint density at radius 2 is 2.30 bits per heavy atom. The molecule has 1 N–H and O–H groups in total. The predicted octanol–water partition coefficient (Wildman–Crippen LogP) is 2.26. The molecule has 1 amide bonds. The Morgan fingerprint density at radius 1 is 1.48 bits per heavy atom. The summed E-state index contributed by atoms with van der Waals surface area (Å²) >= 11 is 0. The van der Waals surface area contributed by atoms with Gasteiger partial charge >= 0.3 is 0 Å². The molecule has 23 heavy (non-hydrogen) atoms. The molecule has 3 heterocycles. The zero-order chi connectivity index (χ0) is 14.7. The second kappa shape index (κ2) is 8.86. The van der Waals surface area contributed by atoms with Gasteiger partial charge in [0.05, 0.1) is 6.04 Å². The summed E-state index contributed by atoms with van der Waals surface area (Å²) in [7, 11) is 0. The Bertz CT molecular complexity index is 621. The van der Waals surface area contributed by atoms with Gasteiger partial charge in [-0.05, 0) is 11.6 Å². The number of aromatic nitrogens is 2. The zero-order valence-electron chi connectivity index (χ0n) is 12.8. The van der Waals surface area contributed by atoms with Crippen LogP contribution in [0.4, 0.5) is 0 Å². The van der Waals surface area contributed by atoms with Crippen LogP contribution in [0.25, 0.3) is 0 Å². The van der Waals surface area contributed by atoms with Crippen molar-refractivity contribution in [2.24, 2.45) is 0 Å².